The first-order valence-corrected chi connectivity index (χ1v) is 5.19. The monoisotopic (exact) mass is 220 g/mol. The van der Waals surface area contributed by atoms with E-state index in [0.29, 0.717) is 22.3 Å². The highest BCUT2D eigenvalue weighted by Crippen LogP contribution is 2.17. The molecule has 0 amide bonds. The Balaban J connectivity index is 2.53. The van der Waals surface area contributed by atoms with E-state index in [0.717, 1.165) is 0 Å². The Bertz CT molecular complexity index is 594. The van der Waals surface area contributed by atoms with Crippen LogP contribution in [0.1, 0.15) is 27.0 Å². The molecular formula is C15H10NO. The standard InChI is InChI=1S/C15H10NO/c1-11-6-5-9-13(14(11)10-16)15(17)12-7-3-2-4-8-12/h2-9H,1H2. The molecule has 0 bridgehead atoms. The number of ketones is 1. The first-order chi connectivity index (χ1) is 8.24. The normalized spacial score (nSPS) is 9.65. The Kier molecular flexibility index (Phi) is 3.02. The summed E-state index contributed by atoms with van der Waals surface area (Å²) in [6.07, 6.45) is 0. The van der Waals surface area contributed by atoms with Crippen molar-refractivity contribution in [2.24, 2.45) is 0 Å². The molecule has 0 unspecified atom stereocenters. The average Bonchev–Trinajstić information content (AvgIpc) is 2.38. The second kappa shape index (κ2) is 4.63. The van der Waals surface area contributed by atoms with Crippen LogP contribution in [0, 0.1) is 18.3 Å². The summed E-state index contributed by atoms with van der Waals surface area (Å²) in [5, 5.41) is 9.05. The number of hydrogen-bond donors (Lipinski definition) is 0. The molecule has 17 heavy (non-hydrogen) atoms. The lowest BCUT2D eigenvalue weighted by Gasteiger charge is -2.05. The lowest BCUT2D eigenvalue weighted by Crippen LogP contribution is -2.04. The second-order valence-corrected chi connectivity index (χ2v) is 3.65. The van der Waals surface area contributed by atoms with Crippen LogP contribution in [0.25, 0.3) is 0 Å². The molecule has 1 radical (unpaired) electrons. The predicted octanol–water partition coefficient (Wildman–Crippen LogP) is 2.97. The third kappa shape index (κ3) is 2.09. The number of benzene rings is 2. The first-order valence-electron chi connectivity index (χ1n) is 5.19. The summed E-state index contributed by atoms with van der Waals surface area (Å²) >= 11 is 0. The highest BCUT2D eigenvalue weighted by Gasteiger charge is 2.14. The summed E-state index contributed by atoms with van der Waals surface area (Å²) < 4.78 is 0. The van der Waals surface area contributed by atoms with Gasteiger partial charge in [0, 0.05) is 11.1 Å². The van der Waals surface area contributed by atoms with E-state index in [-0.39, 0.29) is 5.78 Å². The Morgan fingerprint density at radius 2 is 1.76 bits per heavy atom. The molecule has 0 atom stereocenters. The van der Waals surface area contributed by atoms with Gasteiger partial charge < -0.3 is 0 Å². The maximum Gasteiger partial charge on any atom is 0.194 e. The van der Waals surface area contributed by atoms with E-state index in [1.165, 1.54) is 0 Å². The van der Waals surface area contributed by atoms with Gasteiger partial charge in [-0.2, -0.15) is 5.26 Å². The lowest BCUT2D eigenvalue weighted by atomic mass is 9.96. The molecule has 0 aliphatic rings. The Morgan fingerprint density at radius 3 is 2.41 bits per heavy atom. The predicted molar refractivity (Wildman–Crippen MR) is 65.5 cm³/mol. The fraction of sp³-hybridized carbons (Fsp3) is 0. The van der Waals surface area contributed by atoms with Gasteiger partial charge in [0.1, 0.15) is 6.07 Å². The van der Waals surface area contributed by atoms with Crippen LogP contribution in [0.2, 0.25) is 0 Å². The van der Waals surface area contributed by atoms with E-state index >= 15 is 0 Å². The van der Waals surface area contributed by atoms with Crippen LogP contribution in [0.4, 0.5) is 0 Å². The van der Waals surface area contributed by atoms with Crippen molar-refractivity contribution in [2.45, 2.75) is 0 Å². The van der Waals surface area contributed by atoms with Gasteiger partial charge in [0.2, 0.25) is 0 Å². The maximum absolute atomic E-state index is 12.2. The van der Waals surface area contributed by atoms with E-state index in [2.05, 4.69) is 6.92 Å². The first kappa shape index (κ1) is 11.1. The summed E-state index contributed by atoms with van der Waals surface area (Å²) in [6.45, 7) is 3.75. The molecule has 2 aromatic rings. The van der Waals surface area contributed by atoms with Crippen molar-refractivity contribution in [1.82, 2.24) is 0 Å². The second-order valence-electron chi connectivity index (χ2n) is 3.65. The van der Waals surface area contributed by atoms with Gasteiger partial charge in [-0.25, -0.2) is 0 Å². The molecule has 2 aromatic carbocycles. The maximum atomic E-state index is 12.2. The van der Waals surface area contributed by atoms with E-state index in [4.69, 9.17) is 5.26 Å². The molecule has 0 spiro atoms. The SMILES string of the molecule is [CH2]c1cccc(C(=O)c2ccccc2)c1C#N. The van der Waals surface area contributed by atoms with Crippen LogP contribution in [-0.2, 0) is 0 Å². The van der Waals surface area contributed by atoms with E-state index in [1.807, 2.05) is 12.1 Å². The van der Waals surface area contributed by atoms with Crippen LogP contribution in [0.15, 0.2) is 48.5 Å². The fourth-order valence-electron chi connectivity index (χ4n) is 1.67. The van der Waals surface area contributed by atoms with Crippen molar-refractivity contribution >= 4 is 5.78 Å². The zero-order chi connectivity index (χ0) is 12.3. The smallest absolute Gasteiger partial charge is 0.194 e. The average molecular weight is 220 g/mol. The van der Waals surface area contributed by atoms with Crippen molar-refractivity contribution < 1.29 is 4.79 Å². The minimum Gasteiger partial charge on any atom is -0.289 e. The van der Waals surface area contributed by atoms with Crippen LogP contribution in [0.3, 0.4) is 0 Å². The minimum atomic E-state index is -0.146. The Labute approximate surface area is 100 Å². The molecule has 0 aliphatic carbocycles. The lowest BCUT2D eigenvalue weighted by molar-refractivity contribution is 0.103. The largest absolute Gasteiger partial charge is 0.289 e. The third-order valence-corrected chi connectivity index (χ3v) is 2.54. The number of nitriles is 1. The minimum absolute atomic E-state index is 0.146. The van der Waals surface area contributed by atoms with Crippen LogP contribution in [0.5, 0.6) is 0 Å². The zero-order valence-corrected chi connectivity index (χ0v) is 9.18. The molecule has 0 saturated carbocycles. The van der Waals surface area contributed by atoms with Crippen molar-refractivity contribution in [1.29, 1.82) is 5.26 Å². The third-order valence-electron chi connectivity index (χ3n) is 2.54. The highest BCUT2D eigenvalue weighted by atomic mass is 16.1. The van der Waals surface area contributed by atoms with Gasteiger partial charge in [-0.1, -0.05) is 42.5 Å². The number of carbonyl (C=O) groups excluding carboxylic acids is 1. The number of nitrogens with zero attached hydrogens (tertiary/aromatic N) is 1. The summed E-state index contributed by atoms with van der Waals surface area (Å²) in [5.74, 6) is -0.146. The van der Waals surface area contributed by atoms with Gasteiger partial charge in [0.25, 0.3) is 0 Å². The van der Waals surface area contributed by atoms with Gasteiger partial charge >= 0.3 is 0 Å². The molecule has 2 nitrogen and oxygen atoms in total. The summed E-state index contributed by atoms with van der Waals surface area (Å²) in [5.41, 5.74) is 1.91. The van der Waals surface area contributed by atoms with Crippen LogP contribution >= 0.6 is 0 Å². The number of rotatable bonds is 2. The topological polar surface area (TPSA) is 40.9 Å². The van der Waals surface area contributed by atoms with Crippen LogP contribution < -0.4 is 0 Å². The van der Waals surface area contributed by atoms with Crippen molar-refractivity contribution in [3.05, 3.63) is 77.7 Å². The molecule has 0 heterocycles. The number of hydrogen-bond acceptors (Lipinski definition) is 2. The van der Waals surface area contributed by atoms with Crippen molar-refractivity contribution in [3.63, 3.8) is 0 Å². The molecule has 2 heteroatoms. The molecular weight excluding hydrogens is 210 g/mol. The molecule has 0 saturated heterocycles. The van der Waals surface area contributed by atoms with Gasteiger partial charge in [-0.3, -0.25) is 4.79 Å². The summed E-state index contributed by atoms with van der Waals surface area (Å²) in [6, 6.07) is 16.1. The van der Waals surface area contributed by atoms with Crippen LogP contribution in [-0.4, -0.2) is 5.78 Å². The van der Waals surface area contributed by atoms with E-state index in [1.54, 1.807) is 42.5 Å². The van der Waals surface area contributed by atoms with Gasteiger partial charge in [-0.15, -0.1) is 0 Å². The van der Waals surface area contributed by atoms with Gasteiger partial charge in [0.15, 0.2) is 5.78 Å². The quantitative estimate of drug-likeness (QED) is 0.730. The summed E-state index contributed by atoms with van der Waals surface area (Å²) in [4.78, 5) is 12.2. The Hall–Kier alpha value is -2.40. The van der Waals surface area contributed by atoms with Gasteiger partial charge in [0.05, 0.1) is 5.56 Å². The number of carbonyl (C=O) groups is 1. The molecule has 0 fully saturated rings. The molecule has 0 aliphatic heterocycles. The highest BCUT2D eigenvalue weighted by molar-refractivity contribution is 6.10. The van der Waals surface area contributed by atoms with E-state index in [9.17, 15) is 4.79 Å². The fourth-order valence-corrected chi connectivity index (χ4v) is 1.67. The Morgan fingerprint density at radius 1 is 1.06 bits per heavy atom. The van der Waals surface area contributed by atoms with Gasteiger partial charge in [-0.05, 0) is 18.6 Å². The zero-order valence-electron chi connectivity index (χ0n) is 9.18. The molecule has 2 rings (SSSR count). The molecule has 0 N–H and O–H groups in total. The molecule has 81 valence electrons. The molecule has 0 aromatic heterocycles. The van der Waals surface area contributed by atoms with E-state index < -0.39 is 0 Å². The summed E-state index contributed by atoms with van der Waals surface area (Å²) in [7, 11) is 0. The van der Waals surface area contributed by atoms with Crippen molar-refractivity contribution in [2.75, 3.05) is 0 Å². The van der Waals surface area contributed by atoms with Crippen molar-refractivity contribution in [3.8, 4) is 6.07 Å².